The van der Waals surface area contributed by atoms with Gasteiger partial charge in [0.05, 0.1) is 29.8 Å². The highest BCUT2D eigenvalue weighted by molar-refractivity contribution is 6.05. The minimum absolute atomic E-state index is 0.00289. The molecular formula is C15H17N3O2. The normalized spacial score (nSPS) is 10.4. The molecule has 104 valence electrons. The Labute approximate surface area is 118 Å². The van der Waals surface area contributed by atoms with E-state index in [1.54, 1.807) is 24.4 Å². The molecule has 0 aliphatic carbocycles. The first-order valence-corrected chi connectivity index (χ1v) is 6.42. The van der Waals surface area contributed by atoms with E-state index in [1.165, 1.54) is 6.20 Å². The summed E-state index contributed by atoms with van der Waals surface area (Å²) >= 11 is 0. The van der Waals surface area contributed by atoms with Crippen LogP contribution in [0.2, 0.25) is 0 Å². The molecule has 0 unspecified atom stereocenters. The van der Waals surface area contributed by atoms with Crippen LogP contribution in [0.5, 0.6) is 5.75 Å². The minimum Gasteiger partial charge on any atom is -0.490 e. The number of rotatable bonds is 4. The fourth-order valence-electron chi connectivity index (χ4n) is 1.65. The van der Waals surface area contributed by atoms with Crippen molar-refractivity contribution in [3.05, 3.63) is 47.9 Å². The molecule has 0 aliphatic rings. The summed E-state index contributed by atoms with van der Waals surface area (Å²) in [5, 5.41) is 2.71. The first-order chi connectivity index (χ1) is 9.56. The van der Waals surface area contributed by atoms with Crippen LogP contribution < -0.4 is 10.1 Å². The second kappa shape index (κ2) is 6.14. The topological polar surface area (TPSA) is 64.1 Å². The lowest BCUT2D eigenvalue weighted by atomic mass is 10.2. The maximum absolute atomic E-state index is 12.2. The fourth-order valence-corrected chi connectivity index (χ4v) is 1.65. The van der Waals surface area contributed by atoms with E-state index in [4.69, 9.17) is 4.74 Å². The fraction of sp³-hybridized carbons (Fsp3) is 0.267. The van der Waals surface area contributed by atoms with Gasteiger partial charge < -0.3 is 10.1 Å². The molecule has 0 saturated carbocycles. The summed E-state index contributed by atoms with van der Waals surface area (Å²) in [6.45, 7) is 5.67. The Bertz CT molecular complexity index is 594. The second-order valence-electron chi connectivity index (χ2n) is 4.66. The molecule has 0 bridgehead atoms. The van der Waals surface area contributed by atoms with Crippen LogP contribution in [-0.4, -0.2) is 22.0 Å². The number of aryl methyl sites for hydroxylation is 1. The molecule has 2 rings (SSSR count). The largest absolute Gasteiger partial charge is 0.490 e. The summed E-state index contributed by atoms with van der Waals surface area (Å²) in [6, 6.07) is 7.12. The summed E-state index contributed by atoms with van der Waals surface area (Å²) in [7, 11) is 0. The predicted molar refractivity (Wildman–Crippen MR) is 76.9 cm³/mol. The van der Waals surface area contributed by atoms with Crippen LogP contribution in [0.25, 0.3) is 0 Å². The van der Waals surface area contributed by atoms with Crippen molar-refractivity contribution in [3.63, 3.8) is 0 Å². The Hall–Kier alpha value is -2.43. The molecule has 0 spiro atoms. The first kappa shape index (κ1) is 14.0. The Morgan fingerprint density at radius 1 is 1.20 bits per heavy atom. The molecule has 0 aliphatic heterocycles. The molecule has 2 aromatic rings. The third kappa shape index (κ3) is 3.54. The Kier molecular flexibility index (Phi) is 4.30. The average molecular weight is 271 g/mol. The third-order valence-corrected chi connectivity index (χ3v) is 2.52. The molecule has 0 atom stereocenters. The highest BCUT2D eigenvalue weighted by Gasteiger charge is 2.13. The van der Waals surface area contributed by atoms with Crippen LogP contribution in [0.4, 0.5) is 5.82 Å². The van der Waals surface area contributed by atoms with Gasteiger partial charge in [-0.3, -0.25) is 9.78 Å². The molecule has 5 nitrogen and oxygen atoms in total. The van der Waals surface area contributed by atoms with Crippen LogP contribution in [0.15, 0.2) is 36.7 Å². The van der Waals surface area contributed by atoms with Gasteiger partial charge in [-0.15, -0.1) is 0 Å². The molecule has 1 amide bonds. The summed E-state index contributed by atoms with van der Waals surface area (Å²) < 4.78 is 5.63. The molecule has 20 heavy (non-hydrogen) atoms. The zero-order valence-electron chi connectivity index (χ0n) is 11.8. The summed E-state index contributed by atoms with van der Waals surface area (Å²) in [5.41, 5.74) is 1.27. The van der Waals surface area contributed by atoms with Crippen molar-refractivity contribution in [3.8, 4) is 5.75 Å². The molecule has 0 fully saturated rings. The predicted octanol–water partition coefficient (Wildman–Crippen LogP) is 2.82. The highest BCUT2D eigenvalue weighted by Crippen LogP contribution is 2.20. The van der Waals surface area contributed by atoms with Gasteiger partial charge in [-0.1, -0.05) is 12.1 Å². The number of hydrogen-bond donors (Lipinski definition) is 1. The summed E-state index contributed by atoms with van der Waals surface area (Å²) in [4.78, 5) is 20.4. The van der Waals surface area contributed by atoms with Crippen molar-refractivity contribution in [1.82, 2.24) is 9.97 Å². The van der Waals surface area contributed by atoms with Gasteiger partial charge in [0.2, 0.25) is 0 Å². The van der Waals surface area contributed by atoms with Gasteiger partial charge in [-0.25, -0.2) is 4.98 Å². The van der Waals surface area contributed by atoms with E-state index in [0.29, 0.717) is 17.1 Å². The molecule has 5 heteroatoms. The lowest BCUT2D eigenvalue weighted by molar-refractivity contribution is 0.102. The van der Waals surface area contributed by atoms with Crippen molar-refractivity contribution in [2.45, 2.75) is 26.9 Å². The smallest absolute Gasteiger partial charge is 0.260 e. The van der Waals surface area contributed by atoms with E-state index < -0.39 is 0 Å². The summed E-state index contributed by atoms with van der Waals surface area (Å²) in [6.07, 6.45) is 3.13. The molecular weight excluding hydrogens is 254 g/mol. The van der Waals surface area contributed by atoms with E-state index in [1.807, 2.05) is 26.8 Å². The van der Waals surface area contributed by atoms with E-state index in [9.17, 15) is 4.79 Å². The molecule has 1 aromatic heterocycles. The van der Waals surface area contributed by atoms with Crippen molar-refractivity contribution in [1.29, 1.82) is 0 Å². The molecule has 0 radical (unpaired) electrons. The van der Waals surface area contributed by atoms with Gasteiger partial charge in [-0.05, 0) is 32.9 Å². The quantitative estimate of drug-likeness (QED) is 0.928. The number of aromatic nitrogens is 2. The maximum Gasteiger partial charge on any atom is 0.260 e. The van der Waals surface area contributed by atoms with E-state index in [0.717, 1.165) is 5.69 Å². The van der Waals surface area contributed by atoms with Crippen LogP contribution in [0.3, 0.4) is 0 Å². The highest BCUT2D eigenvalue weighted by atomic mass is 16.5. The number of ether oxygens (including phenoxy) is 1. The second-order valence-corrected chi connectivity index (χ2v) is 4.66. The lowest BCUT2D eigenvalue weighted by Crippen LogP contribution is -2.16. The summed E-state index contributed by atoms with van der Waals surface area (Å²) in [5.74, 6) is 0.708. The van der Waals surface area contributed by atoms with E-state index >= 15 is 0 Å². The number of nitrogens with zero attached hydrogens (tertiary/aromatic N) is 2. The van der Waals surface area contributed by atoms with Gasteiger partial charge in [0.15, 0.2) is 5.82 Å². The number of nitrogens with one attached hydrogen (secondary N) is 1. The monoisotopic (exact) mass is 271 g/mol. The van der Waals surface area contributed by atoms with E-state index in [2.05, 4.69) is 15.3 Å². The van der Waals surface area contributed by atoms with Crippen molar-refractivity contribution >= 4 is 11.7 Å². The number of carbonyl (C=O) groups is 1. The number of hydrogen-bond acceptors (Lipinski definition) is 4. The zero-order valence-corrected chi connectivity index (χ0v) is 11.8. The van der Waals surface area contributed by atoms with Gasteiger partial charge >= 0.3 is 0 Å². The number of para-hydroxylation sites is 1. The standard InChI is InChI=1S/C15H17N3O2/c1-10(2)20-13-7-5-4-6-12(13)15(19)18-14-9-16-11(3)8-17-14/h4-10H,1-3H3,(H,17,18,19). The molecule has 0 saturated heterocycles. The molecule has 1 N–H and O–H groups in total. The maximum atomic E-state index is 12.2. The third-order valence-electron chi connectivity index (χ3n) is 2.52. The Morgan fingerprint density at radius 3 is 2.60 bits per heavy atom. The number of anilines is 1. The lowest BCUT2D eigenvalue weighted by Gasteiger charge is -2.13. The molecule has 1 aromatic carbocycles. The average Bonchev–Trinajstić information content (AvgIpc) is 2.41. The van der Waals surface area contributed by atoms with Crippen LogP contribution in [0, 0.1) is 6.92 Å². The van der Waals surface area contributed by atoms with E-state index in [-0.39, 0.29) is 12.0 Å². The van der Waals surface area contributed by atoms with Gasteiger partial charge in [0.25, 0.3) is 5.91 Å². The van der Waals surface area contributed by atoms with Crippen LogP contribution >= 0.6 is 0 Å². The van der Waals surface area contributed by atoms with Crippen LogP contribution in [-0.2, 0) is 0 Å². The van der Waals surface area contributed by atoms with Gasteiger partial charge in [-0.2, -0.15) is 0 Å². The van der Waals surface area contributed by atoms with Crippen LogP contribution in [0.1, 0.15) is 29.9 Å². The first-order valence-electron chi connectivity index (χ1n) is 6.42. The Morgan fingerprint density at radius 2 is 1.95 bits per heavy atom. The number of amides is 1. The Balaban J connectivity index is 2.18. The van der Waals surface area contributed by atoms with Crippen molar-refractivity contribution in [2.75, 3.05) is 5.32 Å². The van der Waals surface area contributed by atoms with Gasteiger partial charge in [0, 0.05) is 0 Å². The van der Waals surface area contributed by atoms with Gasteiger partial charge in [0.1, 0.15) is 5.75 Å². The number of carbonyl (C=O) groups excluding carboxylic acids is 1. The SMILES string of the molecule is Cc1cnc(NC(=O)c2ccccc2OC(C)C)cn1. The minimum atomic E-state index is -0.264. The van der Waals surface area contributed by atoms with Crippen molar-refractivity contribution < 1.29 is 9.53 Å². The van der Waals surface area contributed by atoms with Crippen molar-refractivity contribution in [2.24, 2.45) is 0 Å². The number of benzene rings is 1. The molecule has 1 heterocycles. The zero-order chi connectivity index (χ0) is 14.5.